The minimum atomic E-state index is -0.875. The number of aromatic nitrogens is 1. The van der Waals surface area contributed by atoms with Gasteiger partial charge >= 0.3 is 11.8 Å². The lowest BCUT2D eigenvalue weighted by Gasteiger charge is -2.08. The maximum absolute atomic E-state index is 11.8. The van der Waals surface area contributed by atoms with Gasteiger partial charge in [0, 0.05) is 28.7 Å². The predicted octanol–water partition coefficient (Wildman–Crippen LogP) is 2.13. The lowest BCUT2D eigenvalue weighted by atomic mass is 10.2. The number of pyridine rings is 1. The zero-order valence-corrected chi connectivity index (χ0v) is 12.5. The summed E-state index contributed by atoms with van der Waals surface area (Å²) in [6.07, 6.45) is 4.59. The van der Waals surface area contributed by atoms with E-state index in [-0.39, 0.29) is 0 Å². The van der Waals surface area contributed by atoms with Crippen molar-refractivity contribution < 1.29 is 9.59 Å². The monoisotopic (exact) mass is 316 g/mol. The number of anilines is 1. The van der Waals surface area contributed by atoms with Crippen LogP contribution in [0, 0.1) is 6.92 Å². The van der Waals surface area contributed by atoms with Gasteiger partial charge in [0.1, 0.15) is 0 Å². The Morgan fingerprint density at radius 1 is 1.23 bits per heavy atom. The Bertz CT molecular complexity index is 717. The largest absolute Gasteiger partial charge is 0.329 e. The molecule has 2 rings (SSSR count). The zero-order valence-electron chi connectivity index (χ0n) is 11.7. The number of nitrogens with zero attached hydrogens (tertiary/aromatic N) is 2. The Kier molecular flexibility index (Phi) is 5.21. The molecule has 2 N–H and O–H groups in total. The first-order valence-corrected chi connectivity index (χ1v) is 6.75. The van der Waals surface area contributed by atoms with E-state index in [2.05, 4.69) is 20.8 Å². The third-order valence-electron chi connectivity index (χ3n) is 2.79. The molecule has 0 atom stereocenters. The SMILES string of the molecule is Cc1c(Cl)cccc1NC(=O)C(=O)NN=Cc1cccnc1. The molecule has 2 aromatic rings. The summed E-state index contributed by atoms with van der Waals surface area (Å²) in [5.41, 5.74) is 4.01. The van der Waals surface area contributed by atoms with Crippen molar-refractivity contribution in [2.75, 3.05) is 5.32 Å². The van der Waals surface area contributed by atoms with E-state index in [0.717, 1.165) is 0 Å². The fourth-order valence-electron chi connectivity index (χ4n) is 1.59. The van der Waals surface area contributed by atoms with Crippen LogP contribution in [0.4, 0.5) is 5.69 Å². The molecular weight excluding hydrogens is 304 g/mol. The van der Waals surface area contributed by atoms with E-state index in [1.807, 2.05) is 0 Å². The molecule has 2 amide bonds. The van der Waals surface area contributed by atoms with Gasteiger partial charge in [0.05, 0.1) is 6.21 Å². The standard InChI is InChI=1S/C15H13ClN4O2/c1-10-12(16)5-2-6-13(10)19-14(21)15(22)20-18-9-11-4-3-7-17-8-11/h2-9H,1H3,(H,19,21)(H,20,22). The first-order chi connectivity index (χ1) is 10.6. The number of hydrogen-bond donors (Lipinski definition) is 2. The Balaban J connectivity index is 1.94. The van der Waals surface area contributed by atoms with Crippen molar-refractivity contribution in [2.24, 2.45) is 5.10 Å². The Morgan fingerprint density at radius 3 is 2.77 bits per heavy atom. The summed E-state index contributed by atoms with van der Waals surface area (Å²) in [6.45, 7) is 1.75. The first-order valence-electron chi connectivity index (χ1n) is 6.37. The number of carbonyl (C=O) groups is 2. The van der Waals surface area contributed by atoms with Crippen LogP contribution >= 0.6 is 11.6 Å². The Morgan fingerprint density at radius 2 is 2.05 bits per heavy atom. The van der Waals surface area contributed by atoms with Gasteiger partial charge in [0.15, 0.2) is 0 Å². The van der Waals surface area contributed by atoms with Crippen molar-refractivity contribution in [3.8, 4) is 0 Å². The molecule has 0 aliphatic carbocycles. The summed E-state index contributed by atoms with van der Waals surface area (Å²) in [7, 11) is 0. The summed E-state index contributed by atoms with van der Waals surface area (Å²) >= 11 is 5.95. The second-order valence-corrected chi connectivity index (χ2v) is 4.76. The maximum atomic E-state index is 11.8. The highest BCUT2D eigenvalue weighted by Crippen LogP contribution is 2.22. The zero-order chi connectivity index (χ0) is 15.9. The van der Waals surface area contributed by atoms with Gasteiger partial charge in [0.25, 0.3) is 0 Å². The van der Waals surface area contributed by atoms with Gasteiger partial charge in [-0.25, -0.2) is 5.43 Å². The Hall–Kier alpha value is -2.73. The van der Waals surface area contributed by atoms with Crippen LogP contribution in [0.1, 0.15) is 11.1 Å². The van der Waals surface area contributed by atoms with Crippen molar-refractivity contribution in [1.82, 2.24) is 10.4 Å². The second-order valence-electron chi connectivity index (χ2n) is 4.35. The molecule has 1 heterocycles. The van der Waals surface area contributed by atoms with Gasteiger partial charge in [-0.15, -0.1) is 0 Å². The summed E-state index contributed by atoms with van der Waals surface area (Å²) in [5, 5.41) is 6.68. The number of nitrogens with one attached hydrogen (secondary N) is 2. The van der Waals surface area contributed by atoms with Gasteiger partial charge in [-0.05, 0) is 30.7 Å². The lowest BCUT2D eigenvalue weighted by Crippen LogP contribution is -2.32. The minimum absolute atomic E-state index is 0.476. The summed E-state index contributed by atoms with van der Waals surface area (Å²) in [4.78, 5) is 27.3. The van der Waals surface area contributed by atoms with Crippen LogP contribution in [0.3, 0.4) is 0 Å². The third kappa shape index (κ3) is 4.13. The highest BCUT2D eigenvalue weighted by Gasteiger charge is 2.14. The van der Waals surface area contributed by atoms with Crippen LogP contribution < -0.4 is 10.7 Å². The van der Waals surface area contributed by atoms with Gasteiger partial charge in [-0.1, -0.05) is 23.7 Å². The van der Waals surface area contributed by atoms with Crippen LogP contribution in [-0.4, -0.2) is 23.0 Å². The summed E-state index contributed by atoms with van der Waals surface area (Å²) < 4.78 is 0. The van der Waals surface area contributed by atoms with E-state index in [1.54, 1.807) is 49.6 Å². The molecule has 7 heteroatoms. The molecule has 0 aliphatic heterocycles. The van der Waals surface area contributed by atoms with E-state index in [1.165, 1.54) is 6.21 Å². The van der Waals surface area contributed by atoms with Crippen molar-refractivity contribution in [3.63, 3.8) is 0 Å². The van der Waals surface area contributed by atoms with Gasteiger partial charge < -0.3 is 5.32 Å². The quantitative estimate of drug-likeness (QED) is 0.517. The smallest absolute Gasteiger partial charge is 0.317 e. The van der Waals surface area contributed by atoms with E-state index in [4.69, 9.17) is 11.6 Å². The summed E-state index contributed by atoms with van der Waals surface area (Å²) in [6, 6.07) is 8.54. The molecular formula is C15H13ClN4O2. The van der Waals surface area contributed by atoms with Gasteiger partial charge in [-0.3, -0.25) is 14.6 Å². The summed E-state index contributed by atoms with van der Waals surface area (Å²) in [5.74, 6) is -1.70. The fourth-order valence-corrected chi connectivity index (χ4v) is 1.77. The molecule has 1 aromatic carbocycles. The third-order valence-corrected chi connectivity index (χ3v) is 3.20. The highest BCUT2D eigenvalue weighted by atomic mass is 35.5. The molecule has 0 radical (unpaired) electrons. The van der Waals surface area contributed by atoms with Crippen LogP contribution in [0.15, 0.2) is 47.8 Å². The number of rotatable bonds is 3. The van der Waals surface area contributed by atoms with Crippen molar-refractivity contribution >= 4 is 35.3 Å². The normalized spacial score (nSPS) is 10.5. The molecule has 22 heavy (non-hydrogen) atoms. The molecule has 0 unspecified atom stereocenters. The van der Waals surface area contributed by atoms with Gasteiger partial charge in [-0.2, -0.15) is 5.10 Å². The first kappa shape index (κ1) is 15.7. The molecule has 0 saturated carbocycles. The van der Waals surface area contributed by atoms with Crippen LogP contribution in [0.25, 0.3) is 0 Å². The van der Waals surface area contributed by atoms with Crippen molar-refractivity contribution in [2.45, 2.75) is 6.92 Å². The number of benzene rings is 1. The topological polar surface area (TPSA) is 83.5 Å². The predicted molar refractivity (Wildman–Crippen MR) is 84.8 cm³/mol. The van der Waals surface area contributed by atoms with Gasteiger partial charge in [0.2, 0.25) is 0 Å². The molecule has 0 bridgehead atoms. The van der Waals surface area contributed by atoms with E-state index >= 15 is 0 Å². The number of hydrogen-bond acceptors (Lipinski definition) is 4. The van der Waals surface area contributed by atoms with E-state index in [9.17, 15) is 9.59 Å². The van der Waals surface area contributed by atoms with Crippen LogP contribution in [0.5, 0.6) is 0 Å². The maximum Gasteiger partial charge on any atom is 0.329 e. The number of halogens is 1. The lowest BCUT2D eigenvalue weighted by molar-refractivity contribution is -0.136. The molecule has 0 fully saturated rings. The molecule has 112 valence electrons. The minimum Gasteiger partial charge on any atom is -0.317 e. The van der Waals surface area contributed by atoms with E-state index < -0.39 is 11.8 Å². The average molecular weight is 317 g/mol. The molecule has 1 aromatic heterocycles. The van der Waals surface area contributed by atoms with Crippen molar-refractivity contribution in [1.29, 1.82) is 0 Å². The van der Waals surface area contributed by atoms with Crippen LogP contribution in [0.2, 0.25) is 5.02 Å². The Labute approximate surface area is 132 Å². The number of carbonyl (C=O) groups excluding carboxylic acids is 2. The van der Waals surface area contributed by atoms with Crippen LogP contribution in [-0.2, 0) is 9.59 Å². The van der Waals surface area contributed by atoms with E-state index in [0.29, 0.717) is 21.8 Å². The second kappa shape index (κ2) is 7.33. The van der Waals surface area contributed by atoms with Crippen molar-refractivity contribution in [3.05, 3.63) is 58.9 Å². The fraction of sp³-hybridized carbons (Fsp3) is 0.0667. The average Bonchev–Trinajstić information content (AvgIpc) is 2.52. The molecule has 6 nitrogen and oxygen atoms in total. The highest BCUT2D eigenvalue weighted by molar-refractivity contribution is 6.40. The number of hydrazone groups is 1. The molecule has 0 saturated heterocycles. The molecule has 0 aliphatic rings. The number of amides is 2. The molecule has 0 spiro atoms.